The Kier molecular flexibility index (Phi) is 6.88. The van der Waals surface area contributed by atoms with Crippen LogP contribution in [-0.4, -0.2) is 39.6 Å². The summed E-state index contributed by atoms with van der Waals surface area (Å²) in [5.41, 5.74) is 2.70. The highest BCUT2D eigenvalue weighted by Crippen LogP contribution is 2.12. The number of sulfonamides is 1. The van der Waals surface area contributed by atoms with Crippen LogP contribution in [0.5, 0.6) is 0 Å². The fourth-order valence-corrected chi connectivity index (χ4v) is 3.10. The second-order valence-corrected chi connectivity index (χ2v) is 8.14. The molecule has 0 radical (unpaired) electrons. The Bertz CT molecular complexity index is 850. The number of aliphatic imine (C=N–C) groups is 1. The third-order valence-electron chi connectivity index (χ3n) is 3.61. The Morgan fingerprint density at radius 1 is 1.08 bits per heavy atom. The monoisotopic (exact) mass is 394 g/mol. The lowest BCUT2D eigenvalue weighted by molar-refractivity contribution is 0.476. The fourth-order valence-electron chi connectivity index (χ4n) is 2.41. The van der Waals surface area contributed by atoms with Crippen molar-refractivity contribution in [2.24, 2.45) is 4.99 Å². The minimum atomic E-state index is -3.26. The molecule has 0 aliphatic heterocycles. The van der Waals surface area contributed by atoms with Crippen LogP contribution in [-0.2, 0) is 23.1 Å². The van der Waals surface area contributed by atoms with Crippen LogP contribution in [0.1, 0.15) is 11.1 Å². The summed E-state index contributed by atoms with van der Waals surface area (Å²) in [6, 6.07) is 14.9. The molecule has 0 unspecified atom stereocenters. The van der Waals surface area contributed by atoms with E-state index in [0.29, 0.717) is 23.8 Å². The minimum Gasteiger partial charge on any atom is -0.352 e. The number of guanidine groups is 1. The van der Waals surface area contributed by atoms with Gasteiger partial charge in [0.15, 0.2) is 5.96 Å². The van der Waals surface area contributed by atoms with Gasteiger partial charge < -0.3 is 10.2 Å². The molecule has 8 heteroatoms. The Morgan fingerprint density at radius 2 is 1.65 bits per heavy atom. The first-order valence-corrected chi connectivity index (χ1v) is 10.3. The fraction of sp³-hybridized carbons (Fsp3) is 0.278. The van der Waals surface area contributed by atoms with Gasteiger partial charge in [0.2, 0.25) is 10.0 Å². The molecule has 0 aromatic heterocycles. The molecule has 140 valence electrons. The molecule has 0 fully saturated rings. The number of anilines is 1. The lowest BCUT2D eigenvalue weighted by atomic mass is 10.2. The zero-order chi connectivity index (χ0) is 19.2. The lowest BCUT2D eigenvalue weighted by Gasteiger charge is -2.22. The molecule has 2 aromatic carbocycles. The van der Waals surface area contributed by atoms with Gasteiger partial charge in [-0.2, -0.15) is 0 Å². The summed E-state index contributed by atoms with van der Waals surface area (Å²) >= 11 is 5.91. The van der Waals surface area contributed by atoms with Crippen LogP contribution in [0, 0.1) is 0 Å². The zero-order valence-electron chi connectivity index (χ0n) is 15.0. The van der Waals surface area contributed by atoms with Gasteiger partial charge in [-0.05, 0) is 35.4 Å². The van der Waals surface area contributed by atoms with E-state index < -0.39 is 10.0 Å². The van der Waals surface area contributed by atoms with E-state index in [1.165, 1.54) is 0 Å². The van der Waals surface area contributed by atoms with Gasteiger partial charge >= 0.3 is 0 Å². The largest absolute Gasteiger partial charge is 0.352 e. The van der Waals surface area contributed by atoms with Gasteiger partial charge in [-0.1, -0.05) is 35.9 Å². The first kappa shape index (κ1) is 20.1. The average molecular weight is 395 g/mol. The quantitative estimate of drug-likeness (QED) is 0.583. The van der Waals surface area contributed by atoms with Crippen molar-refractivity contribution in [1.29, 1.82) is 0 Å². The highest BCUT2D eigenvalue weighted by Gasteiger charge is 2.07. The number of nitrogens with zero attached hydrogens (tertiary/aromatic N) is 2. The van der Waals surface area contributed by atoms with Gasteiger partial charge in [0.25, 0.3) is 0 Å². The molecule has 0 bridgehead atoms. The number of benzene rings is 2. The second-order valence-electron chi connectivity index (χ2n) is 5.95. The van der Waals surface area contributed by atoms with Crippen LogP contribution >= 0.6 is 11.6 Å². The normalized spacial score (nSPS) is 11.9. The molecule has 2 rings (SSSR count). The van der Waals surface area contributed by atoms with Crippen LogP contribution in [0.3, 0.4) is 0 Å². The summed E-state index contributed by atoms with van der Waals surface area (Å²) in [5.74, 6) is 0.762. The summed E-state index contributed by atoms with van der Waals surface area (Å²) in [4.78, 5) is 6.31. The van der Waals surface area contributed by atoms with Gasteiger partial charge in [-0.15, -0.1) is 0 Å². The topological polar surface area (TPSA) is 73.8 Å². The predicted octanol–water partition coefficient (Wildman–Crippen LogP) is 2.92. The maximum atomic E-state index is 11.2. The number of halogens is 1. The van der Waals surface area contributed by atoms with Crippen molar-refractivity contribution < 1.29 is 8.42 Å². The molecule has 0 amide bonds. The van der Waals surface area contributed by atoms with Crippen molar-refractivity contribution in [3.8, 4) is 0 Å². The van der Waals surface area contributed by atoms with E-state index in [9.17, 15) is 8.42 Å². The molecular formula is C18H23ClN4O2S. The van der Waals surface area contributed by atoms with Gasteiger partial charge in [-0.3, -0.25) is 9.71 Å². The highest BCUT2D eigenvalue weighted by atomic mass is 35.5. The van der Waals surface area contributed by atoms with Gasteiger partial charge in [0.1, 0.15) is 0 Å². The van der Waals surface area contributed by atoms with Crippen LogP contribution in [0.15, 0.2) is 53.5 Å². The minimum absolute atomic E-state index is 0.542. The first-order chi connectivity index (χ1) is 12.3. The molecule has 2 aromatic rings. The second kappa shape index (κ2) is 8.91. The number of hydrogen-bond acceptors (Lipinski definition) is 3. The number of nitrogens with one attached hydrogen (secondary N) is 2. The van der Waals surface area contributed by atoms with Crippen LogP contribution in [0.25, 0.3) is 0 Å². The summed E-state index contributed by atoms with van der Waals surface area (Å²) < 4.78 is 24.9. The van der Waals surface area contributed by atoms with E-state index in [0.717, 1.165) is 23.3 Å². The van der Waals surface area contributed by atoms with Crippen LogP contribution < -0.4 is 10.0 Å². The third kappa shape index (κ3) is 6.57. The lowest BCUT2D eigenvalue weighted by Crippen LogP contribution is -2.38. The van der Waals surface area contributed by atoms with Crippen molar-refractivity contribution in [1.82, 2.24) is 10.2 Å². The first-order valence-electron chi connectivity index (χ1n) is 8.00. The number of hydrogen-bond donors (Lipinski definition) is 2. The molecule has 0 heterocycles. The summed E-state index contributed by atoms with van der Waals surface area (Å²) in [7, 11) is 0.434. The molecule has 2 N–H and O–H groups in total. The van der Waals surface area contributed by atoms with E-state index in [1.54, 1.807) is 19.2 Å². The smallest absolute Gasteiger partial charge is 0.229 e. The molecule has 0 saturated heterocycles. The maximum absolute atomic E-state index is 11.2. The van der Waals surface area contributed by atoms with Crippen molar-refractivity contribution in [2.45, 2.75) is 13.1 Å². The SMILES string of the molecule is CN=C(NCc1ccc(NS(C)(=O)=O)cc1)N(C)Cc1ccc(Cl)cc1. The standard InChI is InChI=1S/C18H23ClN4O2S/c1-20-18(23(2)13-15-4-8-16(19)9-5-15)21-12-14-6-10-17(11-7-14)22-26(3,24)25/h4-11,22H,12-13H2,1-3H3,(H,20,21). The predicted molar refractivity (Wildman–Crippen MR) is 108 cm³/mol. The van der Waals surface area contributed by atoms with Gasteiger partial charge in [0, 0.05) is 37.9 Å². The molecule has 0 aliphatic carbocycles. The maximum Gasteiger partial charge on any atom is 0.229 e. The molecule has 0 spiro atoms. The Labute approximate surface area is 159 Å². The van der Waals surface area contributed by atoms with Crippen molar-refractivity contribution in [3.63, 3.8) is 0 Å². The van der Waals surface area contributed by atoms with E-state index >= 15 is 0 Å². The molecule has 0 saturated carbocycles. The highest BCUT2D eigenvalue weighted by molar-refractivity contribution is 7.92. The van der Waals surface area contributed by atoms with Crippen molar-refractivity contribution in [2.75, 3.05) is 25.1 Å². The van der Waals surface area contributed by atoms with E-state index in [4.69, 9.17) is 11.6 Å². The van der Waals surface area contributed by atoms with Crippen molar-refractivity contribution in [3.05, 3.63) is 64.7 Å². The van der Waals surface area contributed by atoms with Gasteiger partial charge in [0.05, 0.1) is 6.26 Å². The molecule has 0 aliphatic rings. The van der Waals surface area contributed by atoms with Crippen LogP contribution in [0.4, 0.5) is 5.69 Å². The summed E-state index contributed by atoms with van der Waals surface area (Å²) in [6.07, 6.45) is 1.13. The van der Waals surface area contributed by atoms with Crippen LogP contribution in [0.2, 0.25) is 5.02 Å². The summed E-state index contributed by atoms with van der Waals surface area (Å²) in [6.45, 7) is 1.28. The number of rotatable bonds is 6. The molecular weight excluding hydrogens is 372 g/mol. The van der Waals surface area contributed by atoms with E-state index in [2.05, 4.69) is 15.0 Å². The molecule has 6 nitrogen and oxygen atoms in total. The molecule has 0 atom stereocenters. The Hall–Kier alpha value is -2.25. The third-order valence-corrected chi connectivity index (χ3v) is 4.47. The molecule has 26 heavy (non-hydrogen) atoms. The Morgan fingerprint density at radius 3 is 2.19 bits per heavy atom. The van der Waals surface area contributed by atoms with E-state index in [-0.39, 0.29) is 0 Å². The van der Waals surface area contributed by atoms with Crippen molar-refractivity contribution >= 4 is 33.3 Å². The average Bonchev–Trinajstić information content (AvgIpc) is 2.57. The zero-order valence-corrected chi connectivity index (χ0v) is 16.6. The van der Waals surface area contributed by atoms with Gasteiger partial charge in [-0.25, -0.2) is 8.42 Å². The summed E-state index contributed by atoms with van der Waals surface area (Å²) in [5, 5.41) is 4.01. The van der Waals surface area contributed by atoms with E-state index in [1.807, 2.05) is 48.3 Å². The Balaban J connectivity index is 1.92.